The van der Waals surface area contributed by atoms with Gasteiger partial charge in [-0.25, -0.2) is 0 Å². The molecule has 0 saturated heterocycles. The molecule has 16 heavy (non-hydrogen) atoms. The molecular weight excluding hydrogens is 309 g/mol. The molecule has 1 aromatic carbocycles. The van der Waals surface area contributed by atoms with Crippen molar-refractivity contribution in [2.75, 3.05) is 0 Å². The minimum absolute atomic E-state index is 0.0174. The first-order chi connectivity index (χ1) is 7.41. The third-order valence-corrected chi connectivity index (χ3v) is 2.67. The van der Waals surface area contributed by atoms with Crippen LogP contribution in [0.25, 0.3) is 0 Å². The highest BCUT2D eigenvalue weighted by Gasteiger charge is 2.18. The maximum absolute atomic E-state index is 12.1. The molecular formula is C9H6BrClF2O3. The lowest BCUT2D eigenvalue weighted by Crippen LogP contribution is -2.08. The molecule has 1 N–H and O–H groups in total. The third-order valence-electron chi connectivity index (χ3n) is 1.69. The molecule has 0 radical (unpaired) electrons. The summed E-state index contributed by atoms with van der Waals surface area (Å²) in [6.07, 6.45) is -0.486. The summed E-state index contributed by atoms with van der Waals surface area (Å²) < 4.78 is 28.7. The zero-order valence-electron chi connectivity index (χ0n) is 7.71. The number of alkyl halides is 2. The molecule has 1 aromatic rings. The number of hydrogen-bond donors (Lipinski definition) is 1. The van der Waals surface area contributed by atoms with Crippen molar-refractivity contribution in [2.45, 2.75) is 13.0 Å². The zero-order valence-corrected chi connectivity index (χ0v) is 10.1. The SMILES string of the molecule is O=C(O)Cc1c(Cl)ccc(Br)c1OC(F)F. The van der Waals surface area contributed by atoms with E-state index in [4.69, 9.17) is 16.7 Å². The predicted octanol–water partition coefficient (Wildman–Crippen LogP) is 3.33. The van der Waals surface area contributed by atoms with E-state index in [1.807, 2.05) is 0 Å². The second-order valence-corrected chi connectivity index (χ2v) is 4.05. The maximum atomic E-state index is 12.1. The van der Waals surface area contributed by atoms with Crippen LogP contribution in [-0.4, -0.2) is 17.7 Å². The molecule has 0 bridgehead atoms. The Morgan fingerprint density at radius 2 is 2.19 bits per heavy atom. The van der Waals surface area contributed by atoms with Crippen molar-refractivity contribution in [3.05, 3.63) is 27.2 Å². The van der Waals surface area contributed by atoms with Crippen LogP contribution in [0.4, 0.5) is 8.78 Å². The molecule has 0 aromatic heterocycles. The molecule has 0 heterocycles. The highest BCUT2D eigenvalue weighted by molar-refractivity contribution is 9.10. The van der Waals surface area contributed by atoms with Crippen molar-refractivity contribution in [3.8, 4) is 5.75 Å². The van der Waals surface area contributed by atoms with E-state index in [-0.39, 0.29) is 20.8 Å². The van der Waals surface area contributed by atoms with Crippen LogP contribution in [0.5, 0.6) is 5.75 Å². The van der Waals surface area contributed by atoms with E-state index in [0.717, 1.165) is 0 Å². The summed E-state index contributed by atoms with van der Waals surface area (Å²) in [7, 11) is 0. The Bertz CT molecular complexity index is 412. The summed E-state index contributed by atoms with van der Waals surface area (Å²) >= 11 is 8.71. The van der Waals surface area contributed by atoms with Crippen LogP contribution >= 0.6 is 27.5 Å². The van der Waals surface area contributed by atoms with Gasteiger partial charge in [0.15, 0.2) is 0 Å². The van der Waals surface area contributed by atoms with E-state index >= 15 is 0 Å². The average Bonchev–Trinajstić information content (AvgIpc) is 2.16. The molecule has 88 valence electrons. The molecule has 0 spiro atoms. The van der Waals surface area contributed by atoms with E-state index in [1.54, 1.807) is 0 Å². The number of hydrogen-bond acceptors (Lipinski definition) is 2. The molecule has 0 atom stereocenters. The van der Waals surface area contributed by atoms with Gasteiger partial charge < -0.3 is 9.84 Å². The van der Waals surface area contributed by atoms with Gasteiger partial charge in [0.2, 0.25) is 0 Å². The number of carboxylic acid groups (broad SMARTS) is 1. The number of carbonyl (C=O) groups is 1. The first-order valence-electron chi connectivity index (χ1n) is 4.05. The van der Waals surface area contributed by atoms with E-state index < -0.39 is 19.0 Å². The average molecular weight is 315 g/mol. The van der Waals surface area contributed by atoms with Gasteiger partial charge >= 0.3 is 12.6 Å². The van der Waals surface area contributed by atoms with Crippen LogP contribution in [0.1, 0.15) is 5.56 Å². The molecule has 0 aliphatic carbocycles. The van der Waals surface area contributed by atoms with E-state index in [9.17, 15) is 13.6 Å². The highest BCUT2D eigenvalue weighted by atomic mass is 79.9. The summed E-state index contributed by atoms with van der Waals surface area (Å²) in [5.74, 6) is -1.43. The maximum Gasteiger partial charge on any atom is 0.387 e. The van der Waals surface area contributed by atoms with Crippen molar-refractivity contribution in [1.29, 1.82) is 0 Å². The van der Waals surface area contributed by atoms with Crippen molar-refractivity contribution in [2.24, 2.45) is 0 Å². The Labute approximate surface area is 103 Å². The smallest absolute Gasteiger partial charge is 0.387 e. The van der Waals surface area contributed by atoms with Gasteiger partial charge in [-0.3, -0.25) is 4.79 Å². The van der Waals surface area contributed by atoms with Crippen LogP contribution in [0.3, 0.4) is 0 Å². The lowest BCUT2D eigenvalue weighted by molar-refractivity contribution is -0.136. The van der Waals surface area contributed by atoms with Gasteiger partial charge in [0, 0.05) is 10.6 Å². The minimum Gasteiger partial charge on any atom is -0.481 e. The fourth-order valence-corrected chi connectivity index (χ4v) is 1.79. The first-order valence-corrected chi connectivity index (χ1v) is 5.22. The van der Waals surface area contributed by atoms with Crippen LogP contribution in [0.2, 0.25) is 5.02 Å². The summed E-state index contributed by atoms with van der Waals surface area (Å²) in [6, 6.07) is 2.81. The Kier molecular flexibility index (Phi) is 4.49. The van der Waals surface area contributed by atoms with Gasteiger partial charge in [0.25, 0.3) is 0 Å². The van der Waals surface area contributed by atoms with Crippen molar-refractivity contribution in [1.82, 2.24) is 0 Å². The monoisotopic (exact) mass is 314 g/mol. The zero-order chi connectivity index (χ0) is 12.3. The standard InChI is InChI=1S/C9H6BrClF2O3/c10-5-1-2-6(11)4(3-7(14)15)8(5)16-9(12)13/h1-2,9H,3H2,(H,14,15). The van der Waals surface area contributed by atoms with Gasteiger partial charge in [-0.05, 0) is 28.1 Å². The molecule has 0 aliphatic rings. The Balaban J connectivity index is 3.19. The number of carboxylic acids is 1. The molecule has 3 nitrogen and oxygen atoms in total. The number of ether oxygens (including phenoxy) is 1. The summed E-state index contributed by atoms with van der Waals surface area (Å²) in [5, 5.41) is 8.69. The van der Waals surface area contributed by atoms with Gasteiger partial charge in [-0.2, -0.15) is 8.78 Å². The Morgan fingerprint density at radius 1 is 1.56 bits per heavy atom. The van der Waals surface area contributed by atoms with Crippen molar-refractivity contribution < 1.29 is 23.4 Å². The number of rotatable bonds is 4. The lowest BCUT2D eigenvalue weighted by Gasteiger charge is -2.12. The third kappa shape index (κ3) is 3.31. The Hall–Kier alpha value is -0.880. The highest BCUT2D eigenvalue weighted by Crippen LogP contribution is 2.35. The molecule has 7 heteroatoms. The topological polar surface area (TPSA) is 46.5 Å². The van der Waals surface area contributed by atoms with Crippen LogP contribution in [-0.2, 0) is 11.2 Å². The minimum atomic E-state index is -3.04. The molecule has 0 fully saturated rings. The second-order valence-electron chi connectivity index (χ2n) is 2.79. The van der Waals surface area contributed by atoms with Gasteiger partial charge in [0.05, 0.1) is 10.9 Å². The van der Waals surface area contributed by atoms with E-state index in [0.29, 0.717) is 0 Å². The fraction of sp³-hybridized carbons (Fsp3) is 0.222. The number of halogens is 4. The normalized spacial score (nSPS) is 10.6. The van der Waals surface area contributed by atoms with Gasteiger partial charge in [-0.1, -0.05) is 11.6 Å². The molecule has 0 unspecified atom stereocenters. The van der Waals surface area contributed by atoms with Crippen molar-refractivity contribution in [3.63, 3.8) is 0 Å². The van der Waals surface area contributed by atoms with Gasteiger partial charge in [0.1, 0.15) is 5.75 Å². The Morgan fingerprint density at radius 3 is 2.69 bits per heavy atom. The number of aliphatic carboxylic acids is 1. The molecule has 0 aliphatic heterocycles. The van der Waals surface area contributed by atoms with E-state index in [2.05, 4.69) is 20.7 Å². The summed E-state index contributed by atoms with van der Waals surface area (Å²) in [5.41, 5.74) is 0.0174. The quantitative estimate of drug-likeness (QED) is 0.927. The molecule has 1 rings (SSSR count). The summed E-state index contributed by atoms with van der Waals surface area (Å²) in [6.45, 7) is -3.04. The molecule has 0 saturated carbocycles. The van der Waals surface area contributed by atoms with Gasteiger partial charge in [-0.15, -0.1) is 0 Å². The fourth-order valence-electron chi connectivity index (χ4n) is 1.11. The summed E-state index contributed by atoms with van der Waals surface area (Å²) in [4.78, 5) is 10.6. The van der Waals surface area contributed by atoms with Crippen LogP contribution < -0.4 is 4.74 Å². The van der Waals surface area contributed by atoms with Crippen molar-refractivity contribution >= 4 is 33.5 Å². The lowest BCUT2D eigenvalue weighted by atomic mass is 10.1. The molecule has 0 amide bonds. The van der Waals surface area contributed by atoms with Crippen LogP contribution in [0.15, 0.2) is 16.6 Å². The predicted molar refractivity (Wildman–Crippen MR) is 57.1 cm³/mol. The number of benzene rings is 1. The van der Waals surface area contributed by atoms with E-state index in [1.165, 1.54) is 12.1 Å². The first kappa shape index (κ1) is 13.2. The second kappa shape index (κ2) is 5.45. The van der Waals surface area contributed by atoms with Crippen LogP contribution in [0, 0.1) is 0 Å². The largest absolute Gasteiger partial charge is 0.481 e.